The summed E-state index contributed by atoms with van der Waals surface area (Å²) in [5.74, 6) is -0.343. The number of thioether (sulfide) groups is 1. The molecule has 0 saturated heterocycles. The van der Waals surface area contributed by atoms with E-state index in [0.717, 1.165) is 21.3 Å². The minimum atomic E-state index is -0.513. The van der Waals surface area contributed by atoms with Crippen molar-refractivity contribution in [1.82, 2.24) is 5.32 Å². The van der Waals surface area contributed by atoms with Gasteiger partial charge in [0.1, 0.15) is 6.04 Å². The van der Waals surface area contributed by atoms with E-state index in [-0.39, 0.29) is 18.3 Å². The molecule has 1 amide bonds. The molecule has 2 aromatic rings. The minimum Gasteiger partial charge on any atom is -0.463 e. The van der Waals surface area contributed by atoms with Gasteiger partial charge in [-0.25, -0.2) is 9.79 Å². The lowest BCUT2D eigenvalue weighted by molar-refractivity contribution is -0.139. The summed E-state index contributed by atoms with van der Waals surface area (Å²) in [6.07, 6.45) is 0. The van der Waals surface area contributed by atoms with E-state index in [4.69, 9.17) is 9.73 Å². The standard InChI is InChI=1S/C23H24BrN3O3S/c1-4-30-22(29)20-15(3)25-23(27-21(20)16-6-5-7-17(24)12-16)31-13-19(28)26-18-10-8-14(2)9-11-18/h5-12,21H,4,13H2,1-3H3,(H,25,27)(H,26,28)/t21-/m0/s1. The second-order valence-electron chi connectivity index (χ2n) is 6.98. The van der Waals surface area contributed by atoms with Gasteiger partial charge in [-0.05, 0) is 50.6 Å². The fourth-order valence-corrected chi connectivity index (χ4v) is 4.24. The summed E-state index contributed by atoms with van der Waals surface area (Å²) >= 11 is 4.77. The number of esters is 1. The third kappa shape index (κ3) is 6.21. The van der Waals surface area contributed by atoms with Crippen molar-refractivity contribution in [3.05, 3.63) is 75.4 Å². The lowest BCUT2D eigenvalue weighted by Crippen LogP contribution is -2.31. The van der Waals surface area contributed by atoms with E-state index < -0.39 is 12.0 Å². The van der Waals surface area contributed by atoms with Crippen LogP contribution in [0.15, 0.2) is 69.3 Å². The zero-order valence-corrected chi connectivity index (χ0v) is 20.0. The van der Waals surface area contributed by atoms with Crippen molar-refractivity contribution in [2.24, 2.45) is 4.99 Å². The summed E-state index contributed by atoms with van der Waals surface area (Å²) in [6, 6.07) is 14.8. The molecule has 1 aliphatic rings. The maximum absolute atomic E-state index is 12.6. The van der Waals surface area contributed by atoms with E-state index in [2.05, 4.69) is 26.6 Å². The van der Waals surface area contributed by atoms with Crippen LogP contribution in [0, 0.1) is 6.92 Å². The highest BCUT2D eigenvalue weighted by molar-refractivity contribution is 9.10. The normalized spacial score (nSPS) is 15.7. The summed E-state index contributed by atoms with van der Waals surface area (Å²) in [4.78, 5) is 29.7. The minimum absolute atomic E-state index is 0.129. The Balaban J connectivity index is 1.76. The van der Waals surface area contributed by atoms with Gasteiger partial charge >= 0.3 is 5.97 Å². The molecule has 0 bridgehead atoms. The third-order valence-corrected chi connectivity index (χ3v) is 5.93. The molecule has 6 nitrogen and oxygen atoms in total. The Morgan fingerprint density at radius 1 is 1.19 bits per heavy atom. The van der Waals surface area contributed by atoms with Gasteiger partial charge in [-0.1, -0.05) is 57.5 Å². The van der Waals surface area contributed by atoms with Crippen LogP contribution in [0.4, 0.5) is 5.69 Å². The highest BCUT2D eigenvalue weighted by Crippen LogP contribution is 2.34. The first-order valence-electron chi connectivity index (χ1n) is 9.85. The van der Waals surface area contributed by atoms with Crippen LogP contribution in [0.1, 0.15) is 31.0 Å². The second-order valence-corrected chi connectivity index (χ2v) is 8.86. The van der Waals surface area contributed by atoms with Gasteiger partial charge in [0.05, 0.1) is 17.9 Å². The van der Waals surface area contributed by atoms with Gasteiger partial charge in [0.15, 0.2) is 5.17 Å². The molecule has 1 aliphatic heterocycles. The molecule has 0 saturated carbocycles. The maximum atomic E-state index is 12.6. The average Bonchev–Trinajstić information content (AvgIpc) is 2.73. The van der Waals surface area contributed by atoms with E-state index in [1.165, 1.54) is 11.8 Å². The predicted octanol–water partition coefficient (Wildman–Crippen LogP) is 4.97. The molecule has 0 fully saturated rings. The molecular formula is C23H24BrN3O3S. The highest BCUT2D eigenvalue weighted by atomic mass is 79.9. The summed E-state index contributed by atoms with van der Waals surface area (Å²) < 4.78 is 6.15. The summed E-state index contributed by atoms with van der Waals surface area (Å²) in [6.45, 7) is 5.87. The van der Waals surface area contributed by atoms with E-state index in [1.807, 2.05) is 62.4 Å². The maximum Gasteiger partial charge on any atom is 0.338 e. The number of hydrogen-bond donors (Lipinski definition) is 2. The fourth-order valence-electron chi connectivity index (χ4n) is 3.08. The van der Waals surface area contributed by atoms with Crippen molar-refractivity contribution in [2.45, 2.75) is 26.8 Å². The SMILES string of the molecule is CCOC(=O)C1=C(C)NC(SCC(=O)Nc2ccc(C)cc2)=N[C@H]1c1cccc(Br)c1. The highest BCUT2D eigenvalue weighted by Gasteiger charge is 2.30. The number of nitrogens with zero attached hydrogens (tertiary/aromatic N) is 1. The van der Waals surface area contributed by atoms with Crippen LogP contribution in [0.5, 0.6) is 0 Å². The van der Waals surface area contributed by atoms with Crippen molar-refractivity contribution in [3.63, 3.8) is 0 Å². The molecule has 0 radical (unpaired) electrons. The van der Waals surface area contributed by atoms with Crippen LogP contribution in [-0.2, 0) is 14.3 Å². The summed E-state index contributed by atoms with van der Waals surface area (Å²) in [5.41, 5.74) is 3.88. The quantitative estimate of drug-likeness (QED) is 0.546. The number of benzene rings is 2. The third-order valence-electron chi connectivity index (χ3n) is 4.55. The Labute approximate surface area is 194 Å². The number of carbonyl (C=O) groups is 2. The molecule has 162 valence electrons. The van der Waals surface area contributed by atoms with Crippen LogP contribution in [0.3, 0.4) is 0 Å². The lowest BCUT2D eigenvalue weighted by atomic mass is 9.97. The lowest BCUT2D eigenvalue weighted by Gasteiger charge is -2.25. The number of anilines is 1. The van der Waals surface area contributed by atoms with Crippen molar-refractivity contribution < 1.29 is 14.3 Å². The molecule has 1 atom stereocenters. The number of halogens is 1. The summed E-state index contributed by atoms with van der Waals surface area (Å²) in [5, 5.41) is 6.60. The van der Waals surface area contributed by atoms with Crippen LogP contribution >= 0.6 is 27.7 Å². The second kappa shape index (κ2) is 10.6. The average molecular weight is 502 g/mol. The zero-order valence-electron chi connectivity index (χ0n) is 17.6. The molecular weight excluding hydrogens is 478 g/mol. The number of nitrogens with one attached hydrogen (secondary N) is 2. The van der Waals surface area contributed by atoms with E-state index in [9.17, 15) is 9.59 Å². The Hall–Kier alpha value is -2.58. The van der Waals surface area contributed by atoms with Gasteiger partial charge in [0.25, 0.3) is 0 Å². The van der Waals surface area contributed by atoms with Crippen molar-refractivity contribution in [3.8, 4) is 0 Å². The van der Waals surface area contributed by atoms with Gasteiger partial charge in [0.2, 0.25) is 5.91 Å². The zero-order chi connectivity index (χ0) is 22.4. The molecule has 31 heavy (non-hydrogen) atoms. The number of hydrogen-bond acceptors (Lipinski definition) is 6. The molecule has 2 N–H and O–H groups in total. The molecule has 0 unspecified atom stereocenters. The van der Waals surface area contributed by atoms with Crippen molar-refractivity contribution in [1.29, 1.82) is 0 Å². The van der Waals surface area contributed by atoms with Gasteiger partial charge in [0, 0.05) is 15.9 Å². The van der Waals surface area contributed by atoms with Crippen LogP contribution in [0.25, 0.3) is 0 Å². The van der Waals surface area contributed by atoms with Crippen LogP contribution < -0.4 is 10.6 Å². The van der Waals surface area contributed by atoms with Crippen LogP contribution in [-0.4, -0.2) is 29.4 Å². The fraction of sp³-hybridized carbons (Fsp3) is 0.261. The first kappa shape index (κ1) is 23.1. The molecule has 2 aromatic carbocycles. The van der Waals surface area contributed by atoms with E-state index in [0.29, 0.717) is 16.4 Å². The van der Waals surface area contributed by atoms with Gasteiger partial charge in [-0.3, -0.25) is 4.79 Å². The molecule has 0 aromatic heterocycles. The van der Waals surface area contributed by atoms with Gasteiger partial charge in [-0.15, -0.1) is 0 Å². The number of carbonyl (C=O) groups excluding carboxylic acids is 2. The Bertz CT molecular complexity index is 1030. The number of aryl methyl sites for hydroxylation is 1. The van der Waals surface area contributed by atoms with Gasteiger partial charge < -0.3 is 15.4 Å². The number of amidine groups is 1. The van der Waals surface area contributed by atoms with Gasteiger partial charge in [-0.2, -0.15) is 0 Å². The van der Waals surface area contributed by atoms with E-state index in [1.54, 1.807) is 6.92 Å². The number of allylic oxidation sites excluding steroid dienone is 1. The molecule has 1 heterocycles. The number of amides is 1. The molecule has 3 rings (SSSR count). The molecule has 8 heteroatoms. The number of aliphatic imine (C=N–C) groups is 1. The first-order valence-corrected chi connectivity index (χ1v) is 11.6. The van der Waals surface area contributed by atoms with Crippen molar-refractivity contribution >= 4 is 50.4 Å². The summed E-state index contributed by atoms with van der Waals surface area (Å²) in [7, 11) is 0. The Kier molecular flexibility index (Phi) is 7.92. The topological polar surface area (TPSA) is 79.8 Å². The number of rotatable bonds is 6. The predicted molar refractivity (Wildman–Crippen MR) is 129 cm³/mol. The Morgan fingerprint density at radius 2 is 1.94 bits per heavy atom. The van der Waals surface area contributed by atoms with Crippen molar-refractivity contribution in [2.75, 3.05) is 17.7 Å². The Morgan fingerprint density at radius 3 is 2.61 bits per heavy atom. The molecule has 0 aliphatic carbocycles. The number of ether oxygens (including phenoxy) is 1. The first-order chi connectivity index (χ1) is 14.9. The van der Waals surface area contributed by atoms with E-state index >= 15 is 0 Å². The molecule has 0 spiro atoms. The van der Waals surface area contributed by atoms with Crippen LogP contribution in [0.2, 0.25) is 0 Å². The monoisotopic (exact) mass is 501 g/mol. The largest absolute Gasteiger partial charge is 0.463 e. The smallest absolute Gasteiger partial charge is 0.338 e.